The summed E-state index contributed by atoms with van der Waals surface area (Å²) < 4.78 is 16.0. The highest BCUT2D eigenvalue weighted by molar-refractivity contribution is 5.80. The molecule has 2 aromatic rings. The molecule has 3 N–H and O–H groups in total. The number of rotatable bonds is 8. The summed E-state index contributed by atoms with van der Waals surface area (Å²) in [4.78, 5) is 24.0. The van der Waals surface area contributed by atoms with Gasteiger partial charge in [0.2, 0.25) is 0 Å². The zero-order valence-corrected chi connectivity index (χ0v) is 16.8. The van der Waals surface area contributed by atoms with Gasteiger partial charge < -0.3 is 29.7 Å². The summed E-state index contributed by atoms with van der Waals surface area (Å²) in [6, 6.07) is 10.00. The molecule has 0 aliphatic heterocycles. The molecule has 8 nitrogen and oxygen atoms in total. The maximum atomic E-state index is 12.4. The van der Waals surface area contributed by atoms with Crippen molar-refractivity contribution in [2.45, 2.75) is 31.9 Å². The summed E-state index contributed by atoms with van der Waals surface area (Å²) in [6.45, 7) is 3.35. The predicted molar refractivity (Wildman–Crippen MR) is 105 cm³/mol. The van der Waals surface area contributed by atoms with Crippen LogP contribution in [0.15, 0.2) is 42.5 Å². The smallest absolute Gasteiger partial charge is 0.408 e. The van der Waals surface area contributed by atoms with E-state index in [2.05, 4.69) is 5.32 Å². The zero-order chi connectivity index (χ0) is 21.6. The number of carbonyl (C=O) groups excluding carboxylic acids is 1. The number of ether oxygens (including phenoxy) is 3. The number of hydrogen-bond donors (Lipinski definition) is 3. The van der Waals surface area contributed by atoms with Gasteiger partial charge in [-0.3, -0.25) is 0 Å². The van der Waals surface area contributed by atoms with E-state index in [1.807, 2.05) is 0 Å². The van der Waals surface area contributed by atoms with Crippen molar-refractivity contribution in [2.75, 3.05) is 14.2 Å². The molecule has 0 aliphatic rings. The van der Waals surface area contributed by atoms with Gasteiger partial charge >= 0.3 is 12.1 Å². The Morgan fingerprint density at radius 2 is 1.59 bits per heavy atom. The summed E-state index contributed by atoms with van der Waals surface area (Å²) >= 11 is 0. The normalized spacial score (nSPS) is 12.0. The standard InChI is InChI=1S/C21H25NO7/c1-21(2,14-10-16(27-3)12-17(11-14)28-4)29-20(26)22-18(19(24)25)9-13-5-7-15(23)8-6-13/h5-8,10-12,18,23H,9H2,1-4H3,(H,22,26)(H,24,25)/t18-/m0/s1. The van der Waals surface area contributed by atoms with Crippen LogP contribution in [0.3, 0.4) is 0 Å². The Morgan fingerprint density at radius 3 is 2.07 bits per heavy atom. The molecule has 2 rings (SSSR count). The van der Waals surface area contributed by atoms with Crippen molar-refractivity contribution < 1.29 is 34.0 Å². The molecule has 0 unspecified atom stereocenters. The van der Waals surface area contributed by atoms with Crippen molar-refractivity contribution in [1.82, 2.24) is 5.32 Å². The second-order valence-corrected chi connectivity index (χ2v) is 6.91. The van der Waals surface area contributed by atoms with Crippen LogP contribution >= 0.6 is 0 Å². The summed E-state index contributed by atoms with van der Waals surface area (Å²) in [5.41, 5.74) is 0.189. The minimum Gasteiger partial charge on any atom is -0.508 e. The van der Waals surface area contributed by atoms with Gasteiger partial charge in [0, 0.05) is 18.1 Å². The molecule has 2 aromatic carbocycles. The van der Waals surface area contributed by atoms with E-state index in [1.165, 1.54) is 26.4 Å². The van der Waals surface area contributed by atoms with Crippen molar-refractivity contribution in [2.24, 2.45) is 0 Å². The van der Waals surface area contributed by atoms with E-state index in [0.717, 1.165) is 0 Å². The Morgan fingerprint density at radius 1 is 1.03 bits per heavy atom. The van der Waals surface area contributed by atoms with Crippen LogP contribution in [0.5, 0.6) is 17.2 Å². The van der Waals surface area contributed by atoms with Gasteiger partial charge in [-0.15, -0.1) is 0 Å². The van der Waals surface area contributed by atoms with Crippen LogP contribution in [0, 0.1) is 0 Å². The number of carboxylic acids is 1. The molecule has 0 fully saturated rings. The number of aliphatic carboxylic acids is 1. The third kappa shape index (κ3) is 6.03. The monoisotopic (exact) mass is 403 g/mol. The van der Waals surface area contributed by atoms with Gasteiger partial charge in [-0.05, 0) is 43.7 Å². The SMILES string of the molecule is COc1cc(OC)cc(C(C)(C)OC(=O)N[C@@H](Cc2ccc(O)cc2)C(=O)O)c1. The number of phenolic OH excluding ortho intramolecular Hbond substituents is 1. The second-order valence-electron chi connectivity index (χ2n) is 6.91. The summed E-state index contributed by atoms with van der Waals surface area (Å²) in [6.07, 6.45) is -0.832. The molecule has 0 bridgehead atoms. The highest BCUT2D eigenvalue weighted by Crippen LogP contribution is 2.32. The van der Waals surface area contributed by atoms with E-state index >= 15 is 0 Å². The van der Waals surface area contributed by atoms with Gasteiger partial charge in [0.05, 0.1) is 14.2 Å². The number of carboxylic acid groups (broad SMARTS) is 1. The molecular weight excluding hydrogens is 378 g/mol. The number of aromatic hydroxyl groups is 1. The molecule has 1 atom stereocenters. The number of carbonyl (C=O) groups is 2. The molecule has 0 heterocycles. The Hall–Kier alpha value is -3.42. The summed E-state index contributed by atoms with van der Waals surface area (Å²) in [7, 11) is 3.03. The minimum atomic E-state index is -1.20. The zero-order valence-electron chi connectivity index (χ0n) is 16.8. The van der Waals surface area contributed by atoms with Gasteiger partial charge in [-0.25, -0.2) is 9.59 Å². The van der Waals surface area contributed by atoms with Crippen molar-refractivity contribution in [3.63, 3.8) is 0 Å². The third-order valence-electron chi connectivity index (χ3n) is 4.36. The fourth-order valence-electron chi connectivity index (χ4n) is 2.69. The molecule has 0 spiro atoms. The van der Waals surface area contributed by atoms with Gasteiger partial charge in [0.1, 0.15) is 28.9 Å². The molecule has 0 aromatic heterocycles. The van der Waals surface area contributed by atoms with Gasteiger partial charge in [0.25, 0.3) is 0 Å². The minimum absolute atomic E-state index is 0.0398. The predicted octanol–water partition coefficient (Wildman–Crippen LogP) is 3.07. The number of benzene rings is 2. The molecule has 156 valence electrons. The highest BCUT2D eigenvalue weighted by atomic mass is 16.6. The van der Waals surface area contributed by atoms with Crippen LogP contribution in [0.25, 0.3) is 0 Å². The maximum absolute atomic E-state index is 12.4. The topological polar surface area (TPSA) is 114 Å². The van der Waals surface area contributed by atoms with E-state index in [4.69, 9.17) is 14.2 Å². The van der Waals surface area contributed by atoms with Crippen LogP contribution < -0.4 is 14.8 Å². The fourth-order valence-corrected chi connectivity index (χ4v) is 2.69. The van der Waals surface area contributed by atoms with Crippen LogP contribution in [0.1, 0.15) is 25.0 Å². The van der Waals surface area contributed by atoms with Crippen LogP contribution in [0.4, 0.5) is 4.79 Å². The molecule has 0 saturated carbocycles. The molecule has 0 radical (unpaired) electrons. The Labute approximate surface area is 169 Å². The lowest BCUT2D eigenvalue weighted by atomic mass is 9.97. The van der Waals surface area contributed by atoms with Crippen molar-refractivity contribution in [1.29, 1.82) is 0 Å². The second kappa shape index (κ2) is 9.18. The van der Waals surface area contributed by atoms with Crippen LogP contribution in [-0.2, 0) is 21.6 Å². The largest absolute Gasteiger partial charge is 0.508 e. The first-order valence-corrected chi connectivity index (χ1v) is 8.88. The first kappa shape index (κ1) is 21.9. The van der Waals surface area contributed by atoms with E-state index in [-0.39, 0.29) is 12.2 Å². The van der Waals surface area contributed by atoms with E-state index in [9.17, 15) is 19.8 Å². The van der Waals surface area contributed by atoms with Crippen molar-refractivity contribution in [3.8, 4) is 17.2 Å². The van der Waals surface area contributed by atoms with Gasteiger partial charge in [0.15, 0.2) is 0 Å². The molecule has 8 heteroatoms. The first-order chi connectivity index (χ1) is 13.6. The molecule has 0 aliphatic carbocycles. The molecular formula is C21H25NO7. The Kier molecular flexibility index (Phi) is 6.93. The number of alkyl carbamates (subject to hydrolysis) is 1. The third-order valence-corrected chi connectivity index (χ3v) is 4.36. The Balaban J connectivity index is 2.12. The van der Waals surface area contributed by atoms with E-state index in [1.54, 1.807) is 44.2 Å². The van der Waals surface area contributed by atoms with Gasteiger partial charge in [-0.1, -0.05) is 12.1 Å². The maximum Gasteiger partial charge on any atom is 0.408 e. The highest BCUT2D eigenvalue weighted by Gasteiger charge is 2.29. The first-order valence-electron chi connectivity index (χ1n) is 8.88. The lowest BCUT2D eigenvalue weighted by Gasteiger charge is -2.27. The van der Waals surface area contributed by atoms with Crippen LogP contribution in [0.2, 0.25) is 0 Å². The van der Waals surface area contributed by atoms with Gasteiger partial charge in [-0.2, -0.15) is 0 Å². The molecule has 1 amide bonds. The number of methoxy groups -OCH3 is 2. The average molecular weight is 403 g/mol. The van der Waals surface area contributed by atoms with Crippen LogP contribution in [-0.4, -0.2) is 42.5 Å². The van der Waals surface area contributed by atoms with Crippen molar-refractivity contribution in [3.05, 3.63) is 53.6 Å². The molecule has 0 saturated heterocycles. The fraction of sp³-hybridized carbons (Fsp3) is 0.333. The molecule has 29 heavy (non-hydrogen) atoms. The number of nitrogens with one attached hydrogen (secondary N) is 1. The van der Waals surface area contributed by atoms with E-state index < -0.39 is 23.7 Å². The number of hydrogen-bond acceptors (Lipinski definition) is 6. The summed E-state index contributed by atoms with van der Waals surface area (Å²) in [5.74, 6) is -0.0568. The van der Waals surface area contributed by atoms with E-state index in [0.29, 0.717) is 22.6 Å². The number of phenols is 1. The quantitative estimate of drug-likeness (QED) is 0.620. The Bertz CT molecular complexity index is 840. The average Bonchev–Trinajstić information content (AvgIpc) is 2.68. The lowest BCUT2D eigenvalue weighted by Crippen LogP contribution is -2.44. The summed E-state index contributed by atoms with van der Waals surface area (Å²) in [5, 5.41) is 21.1. The lowest BCUT2D eigenvalue weighted by molar-refractivity contribution is -0.139. The van der Waals surface area contributed by atoms with Crippen molar-refractivity contribution >= 4 is 12.1 Å². The number of amides is 1.